The molecule has 3 unspecified atom stereocenters. The van der Waals surface area contributed by atoms with Gasteiger partial charge in [-0.15, -0.1) is 0 Å². The number of nitrogens with one attached hydrogen (secondary N) is 1. The summed E-state index contributed by atoms with van der Waals surface area (Å²) in [5, 5.41) is 2.44. The summed E-state index contributed by atoms with van der Waals surface area (Å²) in [6.45, 7) is 7.85. The second-order valence-electron chi connectivity index (χ2n) is 8.91. The topological polar surface area (TPSA) is 108 Å². The third-order valence-electron chi connectivity index (χ3n) is 5.88. The lowest BCUT2D eigenvalue weighted by atomic mass is 9.75. The van der Waals surface area contributed by atoms with Gasteiger partial charge >= 0.3 is 12.1 Å². The molecule has 0 bridgehead atoms. The molecule has 2 amide bonds. The highest BCUT2D eigenvalue weighted by Crippen LogP contribution is 2.35. The zero-order chi connectivity index (χ0) is 22.3. The molecule has 1 aromatic carbocycles. The lowest BCUT2D eigenvalue weighted by Gasteiger charge is -2.37. The Morgan fingerprint density at radius 3 is 2.47 bits per heavy atom. The number of primary amides is 1. The highest BCUT2D eigenvalue weighted by Gasteiger charge is 2.39. The Bertz CT molecular complexity index is 736. The van der Waals surface area contributed by atoms with Gasteiger partial charge < -0.3 is 20.5 Å². The SMILES string of the molecule is CC1CCC(C(C)C)C(OC(=O)C[C@@](C)(NC(=O)OCc2ccccc2)C(N)=O)C1. The zero-order valence-electron chi connectivity index (χ0n) is 18.4. The molecule has 7 heteroatoms. The molecular weight excluding hydrogens is 384 g/mol. The lowest BCUT2D eigenvalue weighted by molar-refractivity contribution is -0.158. The molecule has 0 saturated heterocycles. The Morgan fingerprint density at radius 1 is 1.20 bits per heavy atom. The number of alkyl carbamates (subject to hydrolysis) is 1. The maximum absolute atomic E-state index is 12.6. The van der Waals surface area contributed by atoms with Crippen molar-refractivity contribution in [3.8, 4) is 0 Å². The fourth-order valence-corrected chi connectivity index (χ4v) is 3.93. The van der Waals surface area contributed by atoms with Gasteiger partial charge in [0.1, 0.15) is 18.2 Å². The predicted octanol–water partition coefficient (Wildman–Crippen LogP) is 3.55. The standard InChI is InChI=1S/C23H34N2O5/c1-15(2)18-11-10-16(3)12-19(18)30-20(26)13-23(4,21(24)27)25-22(28)29-14-17-8-6-5-7-9-17/h5-9,15-16,18-19H,10-14H2,1-4H3,(H2,24,27)(H,25,28)/t16?,18?,19?,23-/m1/s1. The van der Waals surface area contributed by atoms with Crippen molar-refractivity contribution >= 4 is 18.0 Å². The van der Waals surface area contributed by atoms with Gasteiger partial charge in [0.2, 0.25) is 5.91 Å². The first kappa shape index (κ1) is 23.7. The third kappa shape index (κ3) is 6.75. The van der Waals surface area contributed by atoms with Crippen LogP contribution in [0.5, 0.6) is 0 Å². The summed E-state index contributed by atoms with van der Waals surface area (Å²) in [6, 6.07) is 9.14. The number of amides is 2. The van der Waals surface area contributed by atoms with Crippen molar-refractivity contribution in [1.82, 2.24) is 5.32 Å². The van der Waals surface area contributed by atoms with Crippen molar-refractivity contribution in [2.45, 2.75) is 71.6 Å². The van der Waals surface area contributed by atoms with Gasteiger partial charge in [-0.3, -0.25) is 9.59 Å². The van der Waals surface area contributed by atoms with E-state index in [0.29, 0.717) is 11.8 Å². The average Bonchev–Trinajstić information content (AvgIpc) is 2.66. The minimum atomic E-state index is -1.60. The van der Waals surface area contributed by atoms with Gasteiger partial charge in [-0.25, -0.2) is 4.79 Å². The van der Waals surface area contributed by atoms with Gasteiger partial charge in [0.25, 0.3) is 0 Å². The van der Waals surface area contributed by atoms with Crippen molar-refractivity contribution in [2.24, 2.45) is 23.5 Å². The van der Waals surface area contributed by atoms with Crippen LogP contribution in [0.15, 0.2) is 30.3 Å². The van der Waals surface area contributed by atoms with Gasteiger partial charge in [-0.2, -0.15) is 0 Å². The van der Waals surface area contributed by atoms with Gasteiger partial charge in [0.15, 0.2) is 0 Å². The van der Waals surface area contributed by atoms with Crippen molar-refractivity contribution in [2.75, 3.05) is 0 Å². The molecule has 0 spiro atoms. The third-order valence-corrected chi connectivity index (χ3v) is 5.88. The van der Waals surface area contributed by atoms with E-state index in [9.17, 15) is 14.4 Å². The van der Waals surface area contributed by atoms with E-state index in [1.807, 2.05) is 30.3 Å². The van der Waals surface area contributed by atoms with E-state index in [1.165, 1.54) is 6.92 Å². The molecule has 1 aliphatic carbocycles. The van der Waals surface area contributed by atoms with E-state index >= 15 is 0 Å². The molecule has 30 heavy (non-hydrogen) atoms. The first-order valence-electron chi connectivity index (χ1n) is 10.6. The summed E-state index contributed by atoms with van der Waals surface area (Å²) in [5.74, 6) is -0.220. The maximum atomic E-state index is 12.6. The number of hydrogen-bond acceptors (Lipinski definition) is 5. The van der Waals surface area contributed by atoms with Crippen LogP contribution in [0.1, 0.15) is 58.9 Å². The van der Waals surface area contributed by atoms with Gasteiger partial charge in [-0.05, 0) is 43.1 Å². The van der Waals surface area contributed by atoms with E-state index < -0.39 is 23.5 Å². The predicted molar refractivity (Wildman–Crippen MR) is 113 cm³/mol. The Kier molecular flexibility index (Phi) is 8.26. The first-order chi connectivity index (χ1) is 14.1. The van der Waals surface area contributed by atoms with E-state index in [4.69, 9.17) is 15.2 Å². The average molecular weight is 419 g/mol. The molecule has 1 aliphatic rings. The highest BCUT2D eigenvalue weighted by molar-refractivity contribution is 5.92. The number of ether oxygens (including phenoxy) is 2. The Hall–Kier alpha value is -2.57. The Balaban J connectivity index is 1.96. The molecule has 1 fully saturated rings. The fraction of sp³-hybridized carbons (Fsp3) is 0.609. The smallest absolute Gasteiger partial charge is 0.408 e. The number of benzene rings is 1. The first-order valence-corrected chi connectivity index (χ1v) is 10.6. The second kappa shape index (κ2) is 10.5. The summed E-state index contributed by atoms with van der Waals surface area (Å²) >= 11 is 0. The van der Waals surface area contributed by atoms with Crippen LogP contribution < -0.4 is 11.1 Å². The quantitative estimate of drug-likeness (QED) is 0.628. The molecule has 0 aliphatic heterocycles. The number of nitrogens with two attached hydrogens (primary N) is 1. The van der Waals surface area contributed by atoms with E-state index in [-0.39, 0.29) is 25.0 Å². The van der Waals surface area contributed by atoms with Crippen LogP contribution in [0.3, 0.4) is 0 Å². The van der Waals surface area contributed by atoms with Crippen molar-refractivity contribution in [1.29, 1.82) is 0 Å². The van der Waals surface area contributed by atoms with Gasteiger partial charge in [-0.1, -0.05) is 57.5 Å². The van der Waals surface area contributed by atoms with Crippen LogP contribution in [0.4, 0.5) is 4.79 Å². The number of hydrogen-bond donors (Lipinski definition) is 2. The summed E-state index contributed by atoms with van der Waals surface area (Å²) in [4.78, 5) is 36.9. The molecule has 166 valence electrons. The molecule has 3 N–H and O–H groups in total. The van der Waals surface area contributed by atoms with E-state index in [2.05, 4.69) is 26.1 Å². The number of carbonyl (C=O) groups is 3. The Labute approximate surface area is 178 Å². The van der Waals surface area contributed by atoms with Crippen LogP contribution in [0.2, 0.25) is 0 Å². The summed E-state index contributed by atoms with van der Waals surface area (Å²) in [5.41, 5.74) is 4.69. The van der Waals surface area contributed by atoms with E-state index in [0.717, 1.165) is 24.8 Å². The normalized spacial score (nSPS) is 23.3. The summed E-state index contributed by atoms with van der Waals surface area (Å²) < 4.78 is 10.9. The second-order valence-corrected chi connectivity index (χ2v) is 8.91. The van der Waals surface area contributed by atoms with E-state index in [1.54, 1.807) is 0 Å². The highest BCUT2D eigenvalue weighted by atomic mass is 16.6. The summed E-state index contributed by atoms with van der Waals surface area (Å²) in [6.07, 6.45) is 1.56. The molecule has 7 nitrogen and oxygen atoms in total. The van der Waals surface area contributed by atoms with Crippen molar-refractivity contribution in [3.05, 3.63) is 35.9 Å². The van der Waals surface area contributed by atoms with Gasteiger partial charge in [0, 0.05) is 0 Å². The van der Waals surface area contributed by atoms with Crippen LogP contribution >= 0.6 is 0 Å². The van der Waals surface area contributed by atoms with Crippen molar-refractivity contribution < 1.29 is 23.9 Å². The molecule has 1 aromatic rings. The Morgan fingerprint density at radius 2 is 1.87 bits per heavy atom. The zero-order valence-corrected chi connectivity index (χ0v) is 18.4. The minimum Gasteiger partial charge on any atom is -0.462 e. The molecule has 1 saturated carbocycles. The number of carbonyl (C=O) groups excluding carboxylic acids is 3. The fourth-order valence-electron chi connectivity index (χ4n) is 3.93. The molecular formula is C23H34N2O5. The summed E-state index contributed by atoms with van der Waals surface area (Å²) in [7, 11) is 0. The van der Waals surface area contributed by atoms with Crippen LogP contribution in [-0.2, 0) is 25.7 Å². The number of rotatable bonds is 8. The molecule has 0 heterocycles. The molecule has 0 radical (unpaired) electrons. The lowest BCUT2D eigenvalue weighted by Crippen LogP contribution is -2.57. The van der Waals surface area contributed by atoms with Crippen LogP contribution in [0.25, 0.3) is 0 Å². The number of esters is 1. The molecule has 2 rings (SSSR count). The maximum Gasteiger partial charge on any atom is 0.408 e. The monoisotopic (exact) mass is 418 g/mol. The van der Waals surface area contributed by atoms with Crippen LogP contribution in [0, 0.1) is 17.8 Å². The molecule has 0 aromatic heterocycles. The minimum absolute atomic E-state index is 0.0436. The van der Waals surface area contributed by atoms with Gasteiger partial charge in [0.05, 0.1) is 6.42 Å². The molecule has 4 atom stereocenters. The van der Waals surface area contributed by atoms with Crippen LogP contribution in [-0.4, -0.2) is 29.6 Å². The van der Waals surface area contributed by atoms with Crippen molar-refractivity contribution in [3.63, 3.8) is 0 Å². The largest absolute Gasteiger partial charge is 0.462 e.